The third-order valence-corrected chi connectivity index (χ3v) is 3.60. The molecule has 1 aliphatic rings. The zero-order valence-corrected chi connectivity index (χ0v) is 14.7. The average Bonchev–Trinajstić information content (AvgIpc) is 2.85. The van der Waals surface area contributed by atoms with Crippen LogP contribution < -0.4 is 10.6 Å². The minimum atomic E-state index is -0.452. The maximum absolute atomic E-state index is 11.6. The Hall–Kier alpha value is -1.96. The van der Waals surface area contributed by atoms with Crippen molar-refractivity contribution in [2.24, 2.45) is 0 Å². The second-order valence-electron chi connectivity index (χ2n) is 5.60. The predicted molar refractivity (Wildman–Crippen MR) is 92.1 cm³/mol. The number of carbonyl (C=O) groups excluding carboxylic acids is 3. The van der Waals surface area contributed by atoms with Gasteiger partial charge in [-0.25, -0.2) is 4.79 Å². The van der Waals surface area contributed by atoms with E-state index in [1.165, 1.54) is 0 Å². The van der Waals surface area contributed by atoms with Crippen LogP contribution in [0.3, 0.4) is 0 Å². The van der Waals surface area contributed by atoms with Crippen molar-refractivity contribution in [2.45, 2.75) is 51.5 Å². The molecule has 0 aromatic carbocycles. The summed E-state index contributed by atoms with van der Waals surface area (Å²) in [7, 11) is 0. The molecule has 0 spiro atoms. The zero-order valence-electron chi connectivity index (χ0n) is 13.9. The van der Waals surface area contributed by atoms with Gasteiger partial charge < -0.3 is 20.1 Å². The molecule has 1 heterocycles. The van der Waals surface area contributed by atoms with Crippen LogP contribution in [-0.2, 0) is 23.9 Å². The number of unbranched alkanes of at least 4 members (excludes halogenated alkanes) is 3. The summed E-state index contributed by atoms with van der Waals surface area (Å²) in [6.45, 7) is 5.85. The molecule has 1 amide bonds. The normalized spacial score (nSPS) is 16.3. The highest BCUT2D eigenvalue weighted by Gasteiger charge is 2.27. The summed E-state index contributed by atoms with van der Waals surface area (Å²) in [6, 6.07) is -0.452. The molecule has 0 aliphatic carbocycles. The van der Waals surface area contributed by atoms with Crippen molar-refractivity contribution < 1.29 is 23.9 Å². The first kappa shape index (κ1) is 20.1. The lowest BCUT2D eigenvalue weighted by molar-refractivity contribution is -0.144. The van der Waals surface area contributed by atoms with Crippen molar-refractivity contribution in [3.63, 3.8) is 0 Å². The number of carbonyl (C=O) groups is 3. The molecular formula is C16H24N2O5S. The first-order valence-electron chi connectivity index (χ1n) is 7.99. The topological polar surface area (TPSA) is 93.7 Å². The smallest absolute Gasteiger partial charge is 0.333 e. The van der Waals surface area contributed by atoms with E-state index in [-0.39, 0.29) is 24.3 Å². The molecule has 0 aromatic rings. The quantitative estimate of drug-likeness (QED) is 0.250. The lowest BCUT2D eigenvalue weighted by Gasteiger charge is -2.08. The fraction of sp³-hybridized carbons (Fsp3) is 0.625. The van der Waals surface area contributed by atoms with Crippen molar-refractivity contribution in [1.29, 1.82) is 0 Å². The Morgan fingerprint density at radius 3 is 2.33 bits per heavy atom. The van der Waals surface area contributed by atoms with Crippen molar-refractivity contribution in [1.82, 2.24) is 10.6 Å². The minimum Gasteiger partial charge on any atom is -0.466 e. The fourth-order valence-electron chi connectivity index (χ4n) is 2.03. The van der Waals surface area contributed by atoms with Crippen molar-refractivity contribution in [3.05, 3.63) is 12.2 Å². The van der Waals surface area contributed by atoms with Crippen molar-refractivity contribution in [3.8, 4) is 0 Å². The van der Waals surface area contributed by atoms with Gasteiger partial charge in [0.2, 0.25) is 5.91 Å². The number of hydrogen-bond donors (Lipinski definition) is 2. The minimum absolute atomic E-state index is 0.171. The summed E-state index contributed by atoms with van der Waals surface area (Å²) in [5, 5.41) is 5.56. The maximum Gasteiger partial charge on any atom is 0.333 e. The molecule has 1 saturated heterocycles. The van der Waals surface area contributed by atoms with E-state index in [4.69, 9.17) is 21.7 Å². The Kier molecular flexibility index (Phi) is 8.99. The third-order valence-electron chi connectivity index (χ3n) is 3.38. The van der Waals surface area contributed by atoms with Crippen LogP contribution in [0.5, 0.6) is 0 Å². The summed E-state index contributed by atoms with van der Waals surface area (Å²) >= 11 is 4.82. The number of esters is 2. The standard InChI is InChI=1S/C16H24N2O5S/c1-11(2)15(21)23-10-6-4-3-5-9-22-13(19)8-7-12-14(20)18-16(24)17-12/h12H,1,3-10H2,2H3,(H2,17,18,20,24). The molecule has 0 aromatic heterocycles. The van der Waals surface area contributed by atoms with Gasteiger partial charge in [-0.3, -0.25) is 9.59 Å². The molecule has 1 atom stereocenters. The molecule has 134 valence electrons. The Morgan fingerprint density at radius 2 is 1.79 bits per heavy atom. The number of rotatable bonds is 11. The fourth-order valence-corrected chi connectivity index (χ4v) is 2.27. The van der Waals surface area contributed by atoms with Gasteiger partial charge in [-0.15, -0.1) is 0 Å². The Balaban J connectivity index is 1.94. The first-order chi connectivity index (χ1) is 11.4. The summed E-state index contributed by atoms with van der Waals surface area (Å²) < 4.78 is 10.1. The van der Waals surface area contributed by atoms with Crippen LogP contribution in [0, 0.1) is 0 Å². The van der Waals surface area contributed by atoms with Crippen LogP contribution in [0.4, 0.5) is 0 Å². The Bertz CT molecular complexity index is 507. The van der Waals surface area contributed by atoms with Crippen LogP contribution in [0.15, 0.2) is 12.2 Å². The summed E-state index contributed by atoms with van der Waals surface area (Å²) in [4.78, 5) is 34.1. The van der Waals surface area contributed by atoms with Crippen LogP contribution in [-0.4, -0.2) is 42.2 Å². The lowest BCUT2D eigenvalue weighted by atomic mass is 10.1. The van der Waals surface area contributed by atoms with Gasteiger partial charge in [0.15, 0.2) is 5.11 Å². The van der Waals surface area contributed by atoms with Crippen LogP contribution in [0.2, 0.25) is 0 Å². The van der Waals surface area contributed by atoms with Gasteiger partial charge >= 0.3 is 11.9 Å². The van der Waals surface area contributed by atoms with Crippen LogP contribution >= 0.6 is 12.2 Å². The molecule has 24 heavy (non-hydrogen) atoms. The van der Waals surface area contributed by atoms with Crippen molar-refractivity contribution in [2.75, 3.05) is 13.2 Å². The van der Waals surface area contributed by atoms with E-state index in [1.807, 2.05) is 0 Å². The van der Waals surface area contributed by atoms with E-state index in [1.54, 1.807) is 6.92 Å². The number of thiocarbonyl (C=S) groups is 1. The van der Waals surface area contributed by atoms with E-state index < -0.39 is 6.04 Å². The SMILES string of the molecule is C=C(C)C(=O)OCCCCCCOC(=O)CCC1NC(=S)NC1=O. The molecule has 0 saturated carbocycles. The highest BCUT2D eigenvalue weighted by atomic mass is 32.1. The number of nitrogens with one attached hydrogen (secondary N) is 2. The predicted octanol–water partition coefficient (Wildman–Crippen LogP) is 1.36. The molecule has 2 N–H and O–H groups in total. The number of hydrogen-bond acceptors (Lipinski definition) is 6. The first-order valence-corrected chi connectivity index (χ1v) is 8.40. The second-order valence-corrected chi connectivity index (χ2v) is 6.01. The van der Waals surface area contributed by atoms with Gasteiger partial charge in [0.25, 0.3) is 0 Å². The van der Waals surface area contributed by atoms with Gasteiger partial charge in [0, 0.05) is 12.0 Å². The molecule has 7 nitrogen and oxygen atoms in total. The lowest BCUT2D eigenvalue weighted by Crippen LogP contribution is -2.29. The van der Waals surface area contributed by atoms with E-state index in [2.05, 4.69) is 17.2 Å². The van der Waals surface area contributed by atoms with Gasteiger partial charge in [-0.1, -0.05) is 6.58 Å². The average molecular weight is 356 g/mol. The Labute approximate surface area is 147 Å². The van der Waals surface area contributed by atoms with Gasteiger partial charge in [0.05, 0.1) is 13.2 Å². The molecule has 1 rings (SSSR count). The van der Waals surface area contributed by atoms with E-state index in [0.717, 1.165) is 25.7 Å². The molecule has 0 radical (unpaired) electrons. The molecule has 1 unspecified atom stereocenters. The van der Waals surface area contributed by atoms with E-state index >= 15 is 0 Å². The summed E-state index contributed by atoms with van der Waals surface area (Å²) in [6.07, 6.45) is 3.84. The highest BCUT2D eigenvalue weighted by molar-refractivity contribution is 7.80. The number of ether oxygens (including phenoxy) is 2. The van der Waals surface area contributed by atoms with Gasteiger partial charge in [-0.2, -0.15) is 0 Å². The monoisotopic (exact) mass is 356 g/mol. The molecule has 0 bridgehead atoms. The second kappa shape index (κ2) is 10.7. The largest absolute Gasteiger partial charge is 0.466 e. The van der Waals surface area contributed by atoms with E-state index in [0.29, 0.717) is 30.3 Å². The molecule has 8 heteroatoms. The van der Waals surface area contributed by atoms with Crippen LogP contribution in [0.25, 0.3) is 0 Å². The van der Waals surface area contributed by atoms with Gasteiger partial charge in [0.1, 0.15) is 6.04 Å². The summed E-state index contributed by atoms with van der Waals surface area (Å²) in [5.74, 6) is -0.895. The Morgan fingerprint density at radius 1 is 1.17 bits per heavy atom. The number of amides is 1. The van der Waals surface area contributed by atoms with Crippen molar-refractivity contribution >= 4 is 35.2 Å². The van der Waals surface area contributed by atoms with Gasteiger partial charge in [-0.05, 0) is 51.2 Å². The van der Waals surface area contributed by atoms with Crippen LogP contribution in [0.1, 0.15) is 45.4 Å². The molecule has 1 fully saturated rings. The maximum atomic E-state index is 11.6. The summed E-state index contributed by atoms with van der Waals surface area (Å²) in [5.41, 5.74) is 0.397. The third kappa shape index (κ3) is 8.05. The zero-order chi connectivity index (χ0) is 17.9. The molecule has 1 aliphatic heterocycles. The molecular weight excluding hydrogens is 332 g/mol. The highest BCUT2D eigenvalue weighted by Crippen LogP contribution is 2.06. The van der Waals surface area contributed by atoms with E-state index in [9.17, 15) is 14.4 Å².